The molecule has 0 saturated heterocycles. The molecule has 0 aliphatic rings. The predicted octanol–water partition coefficient (Wildman–Crippen LogP) is 2.43. The van der Waals surface area contributed by atoms with Gasteiger partial charge in [-0.25, -0.2) is 0 Å². The van der Waals surface area contributed by atoms with Crippen molar-refractivity contribution in [3.63, 3.8) is 0 Å². The molecule has 22 heavy (non-hydrogen) atoms. The predicted molar refractivity (Wildman–Crippen MR) is 83.9 cm³/mol. The lowest BCUT2D eigenvalue weighted by molar-refractivity contribution is 0.298. The monoisotopic (exact) mass is 317 g/mol. The SMILES string of the molecule is CCOc1cc(/C=N\n2c(C)n[nH]c2=S)ccc1OCC#N. The average molecular weight is 317 g/mol. The van der Waals surface area contributed by atoms with Crippen molar-refractivity contribution in [2.24, 2.45) is 5.10 Å². The Hall–Kier alpha value is -2.66. The Morgan fingerprint density at radius 1 is 1.45 bits per heavy atom. The Bertz CT molecular complexity index is 772. The van der Waals surface area contributed by atoms with Gasteiger partial charge in [0.25, 0.3) is 0 Å². The first-order chi connectivity index (χ1) is 10.7. The van der Waals surface area contributed by atoms with E-state index in [0.717, 1.165) is 5.56 Å². The molecule has 0 unspecified atom stereocenters. The van der Waals surface area contributed by atoms with E-state index < -0.39 is 0 Å². The normalized spacial score (nSPS) is 10.6. The first kappa shape index (κ1) is 15.7. The zero-order valence-electron chi connectivity index (χ0n) is 12.2. The molecule has 8 heteroatoms. The highest BCUT2D eigenvalue weighted by Crippen LogP contribution is 2.28. The highest BCUT2D eigenvalue weighted by atomic mass is 32.1. The number of benzene rings is 1. The van der Waals surface area contributed by atoms with Crippen molar-refractivity contribution in [3.8, 4) is 17.6 Å². The van der Waals surface area contributed by atoms with Crippen LogP contribution in [0.1, 0.15) is 18.3 Å². The van der Waals surface area contributed by atoms with Crippen LogP contribution in [-0.4, -0.2) is 34.3 Å². The van der Waals surface area contributed by atoms with E-state index in [4.69, 9.17) is 27.0 Å². The van der Waals surface area contributed by atoms with Crippen molar-refractivity contribution in [2.75, 3.05) is 13.2 Å². The Morgan fingerprint density at radius 3 is 2.91 bits per heavy atom. The molecule has 114 valence electrons. The topological polar surface area (TPSA) is 88.2 Å². The third-order valence-corrected chi connectivity index (χ3v) is 2.96. The van der Waals surface area contributed by atoms with Gasteiger partial charge in [-0.15, -0.1) is 0 Å². The molecule has 0 fully saturated rings. The molecule has 1 heterocycles. The van der Waals surface area contributed by atoms with Crippen LogP contribution in [0.5, 0.6) is 11.5 Å². The largest absolute Gasteiger partial charge is 0.490 e. The molecule has 1 aromatic heterocycles. The zero-order chi connectivity index (χ0) is 15.9. The maximum absolute atomic E-state index is 8.59. The van der Waals surface area contributed by atoms with E-state index in [-0.39, 0.29) is 6.61 Å². The lowest BCUT2D eigenvalue weighted by Gasteiger charge is -2.10. The summed E-state index contributed by atoms with van der Waals surface area (Å²) in [6.45, 7) is 4.14. The first-order valence-corrected chi connectivity index (χ1v) is 7.01. The van der Waals surface area contributed by atoms with E-state index in [0.29, 0.717) is 28.7 Å². The maximum atomic E-state index is 8.59. The van der Waals surface area contributed by atoms with Crippen LogP contribution < -0.4 is 9.47 Å². The van der Waals surface area contributed by atoms with Crippen LogP contribution in [0.15, 0.2) is 23.3 Å². The van der Waals surface area contributed by atoms with Crippen molar-refractivity contribution >= 4 is 18.4 Å². The second-order valence-electron chi connectivity index (χ2n) is 4.22. The van der Waals surface area contributed by atoms with Crippen LogP contribution >= 0.6 is 12.2 Å². The molecule has 0 atom stereocenters. The molecule has 2 rings (SSSR count). The van der Waals surface area contributed by atoms with E-state index in [9.17, 15) is 0 Å². The van der Waals surface area contributed by atoms with Gasteiger partial charge in [-0.1, -0.05) is 0 Å². The lowest BCUT2D eigenvalue weighted by Crippen LogP contribution is -2.00. The quantitative estimate of drug-likeness (QED) is 0.653. The van der Waals surface area contributed by atoms with E-state index in [1.165, 1.54) is 4.68 Å². The molecule has 0 bridgehead atoms. The Morgan fingerprint density at radius 2 is 2.27 bits per heavy atom. The summed E-state index contributed by atoms with van der Waals surface area (Å²) in [7, 11) is 0. The number of H-pyrrole nitrogens is 1. The van der Waals surface area contributed by atoms with Gasteiger partial charge in [0.05, 0.1) is 12.8 Å². The van der Waals surface area contributed by atoms with Gasteiger partial charge in [0.2, 0.25) is 4.77 Å². The minimum absolute atomic E-state index is 0.0309. The summed E-state index contributed by atoms with van der Waals surface area (Å²) in [6, 6.07) is 7.28. The molecule has 1 aromatic carbocycles. The van der Waals surface area contributed by atoms with Crippen molar-refractivity contribution < 1.29 is 9.47 Å². The summed E-state index contributed by atoms with van der Waals surface area (Å²) in [5, 5.41) is 19.5. The average Bonchev–Trinajstić information content (AvgIpc) is 2.83. The molecule has 7 nitrogen and oxygen atoms in total. The Labute approximate surface area is 132 Å². The third kappa shape index (κ3) is 3.71. The second kappa shape index (κ2) is 7.38. The fourth-order valence-corrected chi connectivity index (χ4v) is 1.96. The molecule has 0 radical (unpaired) electrons. The van der Waals surface area contributed by atoms with E-state index in [1.807, 2.05) is 19.1 Å². The van der Waals surface area contributed by atoms with E-state index >= 15 is 0 Å². The maximum Gasteiger partial charge on any atom is 0.216 e. The van der Waals surface area contributed by atoms with Crippen molar-refractivity contribution in [3.05, 3.63) is 34.4 Å². The summed E-state index contributed by atoms with van der Waals surface area (Å²) in [5.74, 6) is 1.76. The first-order valence-electron chi connectivity index (χ1n) is 6.60. The summed E-state index contributed by atoms with van der Waals surface area (Å²) < 4.78 is 12.8. The zero-order valence-corrected chi connectivity index (χ0v) is 13.1. The Balaban J connectivity index is 2.27. The van der Waals surface area contributed by atoms with Gasteiger partial charge in [0.15, 0.2) is 18.1 Å². The molecular formula is C14H15N5O2S. The summed E-state index contributed by atoms with van der Waals surface area (Å²) in [4.78, 5) is 0. The van der Waals surface area contributed by atoms with E-state index in [2.05, 4.69) is 15.3 Å². The van der Waals surface area contributed by atoms with Gasteiger partial charge in [-0.3, -0.25) is 5.10 Å². The molecule has 1 N–H and O–H groups in total. The number of ether oxygens (including phenoxy) is 2. The van der Waals surface area contributed by atoms with Crippen LogP contribution in [0.3, 0.4) is 0 Å². The van der Waals surface area contributed by atoms with Crippen LogP contribution in [0.2, 0.25) is 0 Å². The van der Waals surface area contributed by atoms with Gasteiger partial charge >= 0.3 is 0 Å². The second-order valence-corrected chi connectivity index (χ2v) is 4.61. The van der Waals surface area contributed by atoms with Crippen LogP contribution in [-0.2, 0) is 0 Å². The fraction of sp³-hybridized carbons (Fsp3) is 0.286. The number of aromatic nitrogens is 3. The summed E-state index contributed by atoms with van der Waals surface area (Å²) in [5.41, 5.74) is 0.815. The molecule has 0 saturated carbocycles. The van der Waals surface area contributed by atoms with Crippen LogP contribution in [0.25, 0.3) is 0 Å². The van der Waals surface area contributed by atoms with Gasteiger partial charge in [-0.05, 0) is 49.8 Å². The molecule has 0 spiro atoms. The minimum atomic E-state index is -0.0309. The van der Waals surface area contributed by atoms with E-state index in [1.54, 1.807) is 25.3 Å². The standard InChI is InChI=1S/C14H15N5O2S/c1-3-20-13-8-11(4-5-12(13)21-7-6-15)9-16-19-10(2)17-18-14(19)22/h4-5,8-9H,3,7H2,1-2H3,(H,18,22)/b16-9-. The molecule has 0 amide bonds. The van der Waals surface area contributed by atoms with Crippen molar-refractivity contribution in [1.29, 1.82) is 5.26 Å². The number of nitriles is 1. The number of aryl methyl sites for hydroxylation is 1. The number of hydrogen-bond donors (Lipinski definition) is 1. The fourth-order valence-electron chi connectivity index (χ4n) is 1.73. The highest BCUT2D eigenvalue weighted by Gasteiger charge is 2.06. The number of nitrogens with one attached hydrogen (secondary N) is 1. The van der Waals surface area contributed by atoms with Crippen molar-refractivity contribution in [1.82, 2.24) is 14.9 Å². The van der Waals surface area contributed by atoms with Gasteiger partial charge < -0.3 is 9.47 Å². The Kier molecular flexibility index (Phi) is 5.27. The molecule has 0 aliphatic carbocycles. The van der Waals surface area contributed by atoms with Crippen molar-refractivity contribution in [2.45, 2.75) is 13.8 Å². The van der Waals surface area contributed by atoms with Gasteiger partial charge in [0, 0.05) is 0 Å². The number of aromatic amines is 1. The van der Waals surface area contributed by atoms with Crippen LogP contribution in [0.4, 0.5) is 0 Å². The lowest BCUT2D eigenvalue weighted by atomic mass is 10.2. The number of rotatable bonds is 6. The van der Waals surface area contributed by atoms with Gasteiger partial charge in [0.1, 0.15) is 11.9 Å². The van der Waals surface area contributed by atoms with Gasteiger partial charge in [-0.2, -0.15) is 20.1 Å². The third-order valence-electron chi connectivity index (χ3n) is 2.69. The minimum Gasteiger partial charge on any atom is -0.490 e. The smallest absolute Gasteiger partial charge is 0.216 e. The molecular weight excluding hydrogens is 302 g/mol. The number of hydrogen-bond acceptors (Lipinski definition) is 6. The summed E-state index contributed by atoms with van der Waals surface area (Å²) >= 11 is 5.08. The summed E-state index contributed by atoms with van der Waals surface area (Å²) in [6.07, 6.45) is 1.65. The number of nitrogens with zero attached hydrogens (tertiary/aromatic N) is 4. The highest BCUT2D eigenvalue weighted by molar-refractivity contribution is 7.71. The molecule has 0 aliphatic heterocycles. The molecule has 2 aromatic rings. The van der Waals surface area contributed by atoms with Crippen LogP contribution in [0, 0.1) is 23.0 Å².